The highest BCUT2D eigenvalue weighted by Crippen LogP contribution is 2.45. The van der Waals surface area contributed by atoms with Crippen LogP contribution in [0.2, 0.25) is 0 Å². The molecule has 0 aromatic rings. The summed E-state index contributed by atoms with van der Waals surface area (Å²) in [7, 11) is 6.81. The Morgan fingerprint density at radius 2 is 1.49 bits per heavy atom. The minimum absolute atomic E-state index is 0.0849. The van der Waals surface area contributed by atoms with Crippen LogP contribution in [0, 0.1) is 23.7 Å². The maximum atomic E-state index is 15.0. The summed E-state index contributed by atoms with van der Waals surface area (Å²) in [6, 6.07) is -1.17. The van der Waals surface area contributed by atoms with Crippen molar-refractivity contribution in [3.05, 3.63) is 10.4 Å². The van der Waals surface area contributed by atoms with E-state index in [-0.39, 0.29) is 50.3 Å². The predicted octanol–water partition coefficient (Wildman–Crippen LogP) is 6.14. The molecule has 0 aromatic heterocycles. The van der Waals surface area contributed by atoms with Gasteiger partial charge in [0.1, 0.15) is 17.5 Å². The van der Waals surface area contributed by atoms with Gasteiger partial charge >= 0.3 is 24.0 Å². The molecule has 0 bridgehead atoms. The number of ketones is 1. The number of unbranched alkanes of at least 4 members (excludes halogenated alkanes) is 1. The average Bonchev–Trinajstić information content (AvgIpc) is 3.52. The van der Waals surface area contributed by atoms with Crippen LogP contribution < -0.4 is 0 Å². The highest BCUT2D eigenvalue weighted by atomic mass is 16.7. The normalized spacial score (nSPS) is 41.1. The summed E-state index contributed by atoms with van der Waals surface area (Å²) in [4.78, 5) is 75.2. The lowest BCUT2D eigenvalue weighted by Crippen LogP contribution is -2.62. The summed E-state index contributed by atoms with van der Waals surface area (Å²) >= 11 is 0. The topological polar surface area (TPSA) is 233 Å². The van der Waals surface area contributed by atoms with E-state index in [1.54, 1.807) is 34.6 Å². The van der Waals surface area contributed by atoms with Crippen molar-refractivity contribution in [3.63, 3.8) is 0 Å². The number of ether oxygens (including phenoxy) is 10. The third kappa shape index (κ3) is 12.6. The molecule has 0 radical (unpaired) electrons. The Kier molecular flexibility index (Phi) is 19.5. The molecule has 4 aliphatic heterocycles. The molecule has 4 rings (SSSR count). The van der Waals surface area contributed by atoms with E-state index < -0.39 is 120 Å². The Morgan fingerprint density at radius 1 is 0.866 bits per heavy atom. The molecule has 9 unspecified atom stereocenters. The van der Waals surface area contributed by atoms with E-state index in [1.807, 2.05) is 53.6 Å². The number of amides is 1. The molecule has 4 saturated heterocycles. The third-order valence-electron chi connectivity index (χ3n) is 14.6. The molecule has 67 heavy (non-hydrogen) atoms. The number of hydrogen-bond donors (Lipinski definition) is 0. The Labute approximate surface area is 396 Å². The fourth-order valence-electron chi connectivity index (χ4n) is 11.1. The molecule has 4 heterocycles. The molecule has 0 saturated carbocycles. The van der Waals surface area contributed by atoms with Crippen molar-refractivity contribution >= 4 is 29.8 Å². The molecule has 0 aromatic carbocycles. The Morgan fingerprint density at radius 3 is 2.06 bits per heavy atom. The number of hydrogen-bond acceptors (Lipinski definition) is 17. The van der Waals surface area contributed by atoms with Crippen LogP contribution in [0.1, 0.15) is 122 Å². The molecule has 20 nitrogen and oxygen atoms in total. The molecule has 0 aliphatic carbocycles. The number of fused-ring (bicyclic) bond motifs is 1. The number of esters is 3. The van der Waals surface area contributed by atoms with Gasteiger partial charge < -0.3 is 57.2 Å². The number of methoxy groups -OCH3 is 2. The summed E-state index contributed by atoms with van der Waals surface area (Å²) in [6.45, 7) is 21.0. The first kappa shape index (κ1) is 56.0. The van der Waals surface area contributed by atoms with E-state index in [4.69, 9.17) is 52.9 Å². The zero-order valence-electron chi connectivity index (χ0n) is 42.7. The van der Waals surface area contributed by atoms with Crippen molar-refractivity contribution in [2.24, 2.45) is 28.8 Å². The second-order valence-electron chi connectivity index (χ2n) is 20.0. The van der Waals surface area contributed by atoms with Gasteiger partial charge in [-0.25, -0.2) is 4.79 Å². The molecule has 20 heteroatoms. The Bertz CT molecular complexity index is 1780. The summed E-state index contributed by atoms with van der Waals surface area (Å²) < 4.78 is 63.8. The van der Waals surface area contributed by atoms with Crippen molar-refractivity contribution < 1.29 is 71.3 Å². The lowest BCUT2D eigenvalue weighted by molar-refractivity contribution is -0.320. The summed E-state index contributed by atoms with van der Waals surface area (Å²) in [5.41, 5.74) is 4.95. The van der Waals surface area contributed by atoms with Gasteiger partial charge in [-0.1, -0.05) is 32.8 Å². The van der Waals surface area contributed by atoms with Crippen molar-refractivity contribution in [2.45, 2.75) is 206 Å². The fraction of sp³-hybridized carbons (Fsp3) is 0.894. The number of azide groups is 1. The van der Waals surface area contributed by atoms with Crippen LogP contribution in [0.15, 0.2) is 5.11 Å². The summed E-state index contributed by atoms with van der Waals surface area (Å²) in [5, 5.41) is 3.62. The Balaban J connectivity index is 1.93. The molecule has 18 atom stereocenters. The van der Waals surface area contributed by atoms with Gasteiger partial charge in [-0.15, -0.1) is 0 Å². The number of nitrogens with zero attached hydrogens (tertiary/aromatic N) is 5. The van der Waals surface area contributed by atoms with Crippen LogP contribution in [0.4, 0.5) is 4.79 Å². The zero-order valence-corrected chi connectivity index (χ0v) is 42.7. The number of likely N-dealkylation sites (N-methyl/N-ethyl adjacent to an activating group) is 1. The van der Waals surface area contributed by atoms with E-state index >= 15 is 4.79 Å². The van der Waals surface area contributed by atoms with Gasteiger partial charge in [0.25, 0.3) is 0 Å². The Hall–Kier alpha value is -3.62. The average molecular weight is 954 g/mol. The largest absolute Gasteiger partial charge is 0.458 e. The zero-order chi connectivity index (χ0) is 50.3. The van der Waals surface area contributed by atoms with Crippen LogP contribution >= 0.6 is 0 Å². The first-order chi connectivity index (χ1) is 31.3. The van der Waals surface area contributed by atoms with Crippen LogP contribution in [0.5, 0.6) is 0 Å². The highest BCUT2D eigenvalue weighted by molar-refractivity contribution is 5.85. The van der Waals surface area contributed by atoms with E-state index in [2.05, 4.69) is 10.0 Å². The predicted molar refractivity (Wildman–Crippen MR) is 242 cm³/mol. The van der Waals surface area contributed by atoms with Crippen LogP contribution in [-0.4, -0.2) is 165 Å². The van der Waals surface area contributed by atoms with Gasteiger partial charge in [-0.3, -0.25) is 19.2 Å². The second-order valence-corrected chi connectivity index (χ2v) is 20.0. The highest BCUT2D eigenvalue weighted by Gasteiger charge is 2.61. The molecule has 1 amide bonds. The summed E-state index contributed by atoms with van der Waals surface area (Å²) in [6.07, 6.45) is -6.79. The molecule has 0 spiro atoms. The van der Waals surface area contributed by atoms with Gasteiger partial charge in [0, 0.05) is 70.2 Å². The molecule has 0 N–H and O–H groups in total. The van der Waals surface area contributed by atoms with E-state index in [9.17, 15) is 19.2 Å². The van der Waals surface area contributed by atoms with Gasteiger partial charge in [-0.2, -0.15) is 0 Å². The second kappa shape index (κ2) is 23.3. The van der Waals surface area contributed by atoms with E-state index in [1.165, 1.54) is 33.0 Å². The lowest BCUT2D eigenvalue weighted by atomic mass is 9.73. The van der Waals surface area contributed by atoms with E-state index in [0.717, 1.165) is 0 Å². The monoisotopic (exact) mass is 954 g/mol. The van der Waals surface area contributed by atoms with Gasteiger partial charge in [0.05, 0.1) is 48.0 Å². The quantitative estimate of drug-likeness (QED) is 0.0448. The van der Waals surface area contributed by atoms with E-state index in [0.29, 0.717) is 19.3 Å². The van der Waals surface area contributed by atoms with Crippen molar-refractivity contribution in [3.8, 4) is 0 Å². The van der Waals surface area contributed by atoms with Crippen molar-refractivity contribution in [1.29, 1.82) is 0 Å². The maximum absolute atomic E-state index is 15.0. The molecule has 4 aliphatic rings. The molecular weight excluding hydrogens is 875 g/mol. The number of cyclic esters (lactones) is 1. The van der Waals surface area contributed by atoms with Crippen molar-refractivity contribution in [1.82, 2.24) is 9.80 Å². The lowest BCUT2D eigenvalue weighted by Gasteiger charge is -2.50. The number of Topliss-reactive ketones (excluding diaryl/α,β-unsaturated/α-hetero) is 1. The van der Waals surface area contributed by atoms with Gasteiger partial charge in [-0.05, 0) is 93.3 Å². The molecule has 4 fully saturated rings. The number of carbonyl (C=O) groups is 5. The first-order valence-electron chi connectivity index (χ1n) is 23.8. The smallest absolute Gasteiger partial charge is 0.410 e. The van der Waals surface area contributed by atoms with Gasteiger partial charge in [0.15, 0.2) is 30.4 Å². The van der Waals surface area contributed by atoms with Crippen LogP contribution in [0.25, 0.3) is 10.4 Å². The third-order valence-corrected chi connectivity index (χ3v) is 14.6. The van der Waals surface area contributed by atoms with Crippen molar-refractivity contribution in [2.75, 3.05) is 41.4 Å². The molecular formula is C47H79N5O15. The SMILES string of the molecule is CCC1OC(=O)C(C)C(O[C@H]2C[C@@](C)(OC)[C@@H](OC(C)=O)C(C)O2)C(C)[C@@H](OC2OC(C)CC(N(C)C)[C@H]2OC(C)=O)[C@@](C)(OC)C[C@@H](C)C(=O)[C@H](C)C2N(CCCCN=[N+]=[N-])C(=O)O[C@]12C. The maximum Gasteiger partial charge on any atom is 0.410 e. The van der Waals surface area contributed by atoms with Crippen LogP contribution in [0.3, 0.4) is 0 Å². The van der Waals surface area contributed by atoms with Crippen LogP contribution in [-0.2, 0) is 66.5 Å². The first-order valence-corrected chi connectivity index (χ1v) is 23.8. The standard InChI is InChI=1S/C47H79N5O15/c1-17-34-47(12)39(52(44(57)67-47)21-19-18-20-49-50-48)27(4)36(55)25(2)23-45(10,58-15)40(66-43-38(62-31(8)53)33(51(13)14)22-26(3)60-43)28(5)37(29(6)42(56)64-34)65-35-24-46(11,59-16)41(30(7)61-35)63-32(9)54/h25-30,33-35,37-41,43H,17-24H2,1-16H3/t25-,26?,27+,28?,29?,30?,33?,34?,35+,37?,38-,39?,40-,41+,43?,45+,46-,47-/m1/s1. The fourth-order valence-corrected chi connectivity index (χ4v) is 11.1. The number of rotatable bonds is 15. The van der Waals surface area contributed by atoms with Gasteiger partial charge in [0.2, 0.25) is 0 Å². The summed E-state index contributed by atoms with van der Waals surface area (Å²) in [5.74, 6) is -5.29. The number of carbonyl (C=O) groups excluding carboxylic acids is 5. The minimum Gasteiger partial charge on any atom is -0.458 e. The minimum atomic E-state index is -1.47. The molecule has 382 valence electrons.